The number of halogens is 2. The maximum Gasteiger partial charge on any atom is 0.176 e. The first-order chi connectivity index (χ1) is 8.15. The van der Waals surface area contributed by atoms with Crippen LogP contribution in [0.2, 0.25) is 0 Å². The van der Waals surface area contributed by atoms with E-state index in [4.69, 9.17) is 0 Å². The lowest BCUT2D eigenvalue weighted by Crippen LogP contribution is -2.31. The van der Waals surface area contributed by atoms with Crippen molar-refractivity contribution in [3.8, 4) is 0 Å². The summed E-state index contributed by atoms with van der Waals surface area (Å²) in [5, 5.41) is 3.12. The topological polar surface area (TPSA) is 29.1 Å². The molecule has 0 aromatic heterocycles. The molecule has 0 spiro atoms. The van der Waals surface area contributed by atoms with E-state index in [1.165, 1.54) is 12.8 Å². The van der Waals surface area contributed by atoms with Crippen molar-refractivity contribution in [2.45, 2.75) is 31.7 Å². The number of nitrogens with one attached hydrogen (secondary N) is 1. The smallest absolute Gasteiger partial charge is 0.176 e. The number of benzene rings is 1. The molecule has 0 radical (unpaired) electrons. The van der Waals surface area contributed by atoms with E-state index in [9.17, 15) is 13.6 Å². The second-order valence-corrected chi connectivity index (χ2v) is 4.44. The van der Waals surface area contributed by atoms with Gasteiger partial charge in [-0.3, -0.25) is 4.79 Å². The molecular formula is C13H15F2NO. The number of carbonyl (C=O) groups excluding carboxylic acids is 1. The minimum atomic E-state index is -0.714. The molecule has 0 heterocycles. The molecular weight excluding hydrogens is 224 g/mol. The molecule has 1 aliphatic carbocycles. The average Bonchev–Trinajstić information content (AvgIpc) is 2.77. The Hall–Kier alpha value is -1.29. The van der Waals surface area contributed by atoms with Gasteiger partial charge in [0.15, 0.2) is 5.78 Å². The molecule has 1 aliphatic rings. The van der Waals surface area contributed by atoms with Crippen LogP contribution in [0.15, 0.2) is 18.2 Å². The van der Waals surface area contributed by atoms with E-state index >= 15 is 0 Å². The predicted molar refractivity (Wildman–Crippen MR) is 60.9 cm³/mol. The Morgan fingerprint density at radius 1 is 1.18 bits per heavy atom. The van der Waals surface area contributed by atoms with Crippen molar-refractivity contribution in [1.82, 2.24) is 5.32 Å². The normalized spacial score (nSPS) is 16.4. The summed E-state index contributed by atoms with van der Waals surface area (Å²) in [5.74, 6) is -1.70. The van der Waals surface area contributed by atoms with E-state index in [0.29, 0.717) is 6.04 Å². The van der Waals surface area contributed by atoms with Gasteiger partial charge in [0.1, 0.15) is 11.6 Å². The van der Waals surface area contributed by atoms with Crippen LogP contribution >= 0.6 is 0 Å². The van der Waals surface area contributed by atoms with Crippen LogP contribution < -0.4 is 5.32 Å². The van der Waals surface area contributed by atoms with Crippen molar-refractivity contribution in [3.63, 3.8) is 0 Å². The lowest BCUT2D eigenvalue weighted by atomic mass is 10.1. The van der Waals surface area contributed by atoms with E-state index in [1.807, 2.05) is 0 Å². The van der Waals surface area contributed by atoms with Crippen molar-refractivity contribution >= 4 is 5.78 Å². The van der Waals surface area contributed by atoms with Crippen LogP contribution in [-0.4, -0.2) is 18.4 Å². The van der Waals surface area contributed by atoms with Gasteiger partial charge in [-0.2, -0.15) is 0 Å². The first kappa shape index (κ1) is 12.2. The third-order valence-corrected chi connectivity index (χ3v) is 3.09. The van der Waals surface area contributed by atoms with Gasteiger partial charge in [0.2, 0.25) is 0 Å². The van der Waals surface area contributed by atoms with Gasteiger partial charge >= 0.3 is 0 Å². The Morgan fingerprint density at radius 2 is 1.76 bits per heavy atom. The molecule has 0 aliphatic heterocycles. The first-order valence-corrected chi connectivity index (χ1v) is 5.88. The summed E-state index contributed by atoms with van der Waals surface area (Å²) in [6.45, 7) is 0.146. The quantitative estimate of drug-likeness (QED) is 0.818. The second-order valence-electron chi connectivity index (χ2n) is 4.44. The van der Waals surface area contributed by atoms with Crippen LogP contribution in [0.3, 0.4) is 0 Å². The van der Waals surface area contributed by atoms with E-state index in [0.717, 1.165) is 31.0 Å². The van der Waals surface area contributed by atoms with Gasteiger partial charge in [-0.05, 0) is 25.0 Å². The lowest BCUT2D eigenvalue weighted by molar-refractivity contribution is 0.0986. The Kier molecular flexibility index (Phi) is 3.84. The fraction of sp³-hybridized carbons (Fsp3) is 0.462. The highest BCUT2D eigenvalue weighted by atomic mass is 19.1. The Labute approximate surface area is 99.0 Å². The molecule has 92 valence electrons. The minimum Gasteiger partial charge on any atom is -0.307 e. The molecule has 4 heteroatoms. The van der Waals surface area contributed by atoms with Gasteiger partial charge in [-0.1, -0.05) is 12.8 Å². The number of ketones is 1. The van der Waals surface area contributed by atoms with Crippen LogP contribution in [0.1, 0.15) is 36.0 Å². The summed E-state index contributed by atoms with van der Waals surface area (Å²) in [4.78, 5) is 11.7. The molecule has 2 rings (SSSR count). The molecule has 17 heavy (non-hydrogen) atoms. The lowest BCUT2D eigenvalue weighted by Gasteiger charge is -2.10. The van der Waals surface area contributed by atoms with E-state index < -0.39 is 11.6 Å². The summed E-state index contributed by atoms with van der Waals surface area (Å²) >= 11 is 0. The third-order valence-electron chi connectivity index (χ3n) is 3.09. The number of Topliss-reactive ketones (excluding diaryl/α,β-unsaturated/α-hetero) is 1. The highest BCUT2D eigenvalue weighted by Crippen LogP contribution is 2.17. The molecule has 0 unspecified atom stereocenters. The average molecular weight is 239 g/mol. The maximum absolute atomic E-state index is 12.9. The first-order valence-electron chi connectivity index (χ1n) is 5.88. The van der Waals surface area contributed by atoms with E-state index in [1.54, 1.807) is 0 Å². The molecule has 0 saturated heterocycles. The monoisotopic (exact) mass is 239 g/mol. The standard InChI is InChI=1S/C13H15F2NO/c14-10-5-9(6-11(15)7-10)13(17)8-16-12-3-1-2-4-12/h5-7,12,16H,1-4,8H2. The van der Waals surface area contributed by atoms with Gasteiger partial charge in [-0.25, -0.2) is 8.78 Å². The van der Waals surface area contributed by atoms with Crippen LogP contribution in [-0.2, 0) is 0 Å². The largest absolute Gasteiger partial charge is 0.307 e. The van der Waals surface area contributed by atoms with Gasteiger partial charge in [0, 0.05) is 17.7 Å². The van der Waals surface area contributed by atoms with Crippen LogP contribution in [0.4, 0.5) is 8.78 Å². The summed E-state index contributed by atoms with van der Waals surface area (Å²) in [7, 11) is 0. The van der Waals surface area contributed by atoms with Crippen LogP contribution in [0.25, 0.3) is 0 Å². The van der Waals surface area contributed by atoms with Crippen LogP contribution in [0.5, 0.6) is 0 Å². The highest BCUT2D eigenvalue weighted by molar-refractivity contribution is 5.97. The molecule has 2 nitrogen and oxygen atoms in total. The molecule has 0 amide bonds. The predicted octanol–water partition coefficient (Wildman–Crippen LogP) is 2.68. The number of hydrogen-bond donors (Lipinski definition) is 1. The SMILES string of the molecule is O=C(CNC1CCCC1)c1cc(F)cc(F)c1. The molecule has 1 N–H and O–H groups in total. The number of carbonyl (C=O) groups is 1. The molecule has 1 aromatic rings. The van der Waals surface area contributed by atoms with Gasteiger partial charge < -0.3 is 5.32 Å². The second kappa shape index (κ2) is 5.36. The van der Waals surface area contributed by atoms with E-state index in [2.05, 4.69) is 5.32 Å². The summed E-state index contributed by atoms with van der Waals surface area (Å²) in [6, 6.07) is 3.28. The van der Waals surface area contributed by atoms with Crippen molar-refractivity contribution in [1.29, 1.82) is 0 Å². The fourth-order valence-electron chi connectivity index (χ4n) is 2.18. The Bertz CT molecular complexity index is 394. The fourth-order valence-corrected chi connectivity index (χ4v) is 2.18. The van der Waals surface area contributed by atoms with Crippen molar-refractivity contribution in [2.75, 3.05) is 6.54 Å². The zero-order valence-electron chi connectivity index (χ0n) is 9.51. The summed E-state index contributed by atoms with van der Waals surface area (Å²) in [5.41, 5.74) is 0.0907. The van der Waals surface area contributed by atoms with Crippen molar-refractivity contribution in [2.24, 2.45) is 0 Å². The number of rotatable bonds is 4. The number of hydrogen-bond acceptors (Lipinski definition) is 2. The Morgan fingerprint density at radius 3 is 2.35 bits per heavy atom. The highest BCUT2D eigenvalue weighted by Gasteiger charge is 2.16. The van der Waals surface area contributed by atoms with Gasteiger partial charge in [-0.15, -0.1) is 0 Å². The Balaban J connectivity index is 1.94. The minimum absolute atomic E-state index is 0.0907. The van der Waals surface area contributed by atoms with Crippen molar-refractivity contribution < 1.29 is 13.6 Å². The molecule has 1 aromatic carbocycles. The summed E-state index contributed by atoms with van der Waals surface area (Å²) < 4.78 is 25.8. The summed E-state index contributed by atoms with van der Waals surface area (Å²) in [6.07, 6.45) is 4.51. The van der Waals surface area contributed by atoms with Crippen LogP contribution in [0, 0.1) is 11.6 Å². The van der Waals surface area contributed by atoms with Crippen molar-refractivity contribution in [3.05, 3.63) is 35.4 Å². The zero-order chi connectivity index (χ0) is 12.3. The molecule has 1 fully saturated rings. The third kappa shape index (κ3) is 3.33. The zero-order valence-corrected chi connectivity index (χ0v) is 9.51. The van der Waals surface area contributed by atoms with Gasteiger partial charge in [0.25, 0.3) is 0 Å². The van der Waals surface area contributed by atoms with E-state index in [-0.39, 0.29) is 17.9 Å². The molecule has 1 saturated carbocycles. The van der Waals surface area contributed by atoms with Gasteiger partial charge in [0.05, 0.1) is 6.54 Å². The molecule has 0 atom stereocenters. The maximum atomic E-state index is 12.9. The molecule has 0 bridgehead atoms.